The fraction of sp³-hybridized carbons (Fsp3) is 0.0952. The predicted octanol–water partition coefficient (Wildman–Crippen LogP) is 6.46. The van der Waals surface area contributed by atoms with Gasteiger partial charge in [-0.3, -0.25) is 4.79 Å². The third-order valence-corrected chi connectivity index (χ3v) is 3.65. The molecule has 0 aliphatic carbocycles. The average molecular weight is 412 g/mol. The van der Waals surface area contributed by atoms with Gasteiger partial charge in [0.2, 0.25) is 0 Å². The van der Waals surface area contributed by atoms with E-state index < -0.39 is 35.0 Å². The van der Waals surface area contributed by atoms with Gasteiger partial charge in [-0.25, -0.2) is 0 Å². The third kappa shape index (κ3) is 6.99. The molecule has 0 unspecified atom stereocenters. The Kier molecular flexibility index (Phi) is 6.68. The molecule has 8 heteroatoms. The van der Waals surface area contributed by atoms with Crippen LogP contribution in [0.25, 0.3) is 12.2 Å². The Labute approximate surface area is 162 Å². The Hall–Kier alpha value is -3.29. The van der Waals surface area contributed by atoms with Gasteiger partial charge in [0.1, 0.15) is 5.76 Å². The molecule has 0 saturated carbocycles. The minimum atomic E-state index is -4.45. The number of aliphatic hydroxyl groups is 1. The highest BCUT2D eigenvalue weighted by Gasteiger charge is 2.30. The molecule has 0 saturated heterocycles. The van der Waals surface area contributed by atoms with Crippen LogP contribution in [0, 0.1) is 0 Å². The quantitative estimate of drug-likeness (QED) is 0.265. The Morgan fingerprint density at radius 2 is 1.07 bits per heavy atom. The van der Waals surface area contributed by atoms with E-state index in [4.69, 9.17) is 0 Å². The maximum Gasteiger partial charge on any atom is 0.416 e. The van der Waals surface area contributed by atoms with Gasteiger partial charge in [0, 0.05) is 6.08 Å². The van der Waals surface area contributed by atoms with Crippen molar-refractivity contribution in [2.24, 2.45) is 0 Å². The molecule has 1 N–H and O–H groups in total. The van der Waals surface area contributed by atoms with Crippen LogP contribution in [0.1, 0.15) is 22.3 Å². The van der Waals surface area contributed by atoms with Crippen molar-refractivity contribution in [1.29, 1.82) is 0 Å². The van der Waals surface area contributed by atoms with Crippen molar-refractivity contribution in [2.45, 2.75) is 12.4 Å². The van der Waals surface area contributed by atoms with Gasteiger partial charge in [-0.15, -0.1) is 0 Å². The summed E-state index contributed by atoms with van der Waals surface area (Å²) in [6, 6.07) is 8.34. The molecular formula is C21H14F6O2. The molecule has 0 aliphatic rings. The van der Waals surface area contributed by atoms with Gasteiger partial charge in [-0.1, -0.05) is 36.4 Å². The summed E-state index contributed by atoms with van der Waals surface area (Å²) in [7, 11) is 0. The number of alkyl halides is 6. The number of ketones is 1. The molecule has 0 heterocycles. The number of hydrogen-bond acceptors (Lipinski definition) is 2. The van der Waals surface area contributed by atoms with Crippen molar-refractivity contribution in [3.05, 3.63) is 94.8 Å². The zero-order valence-corrected chi connectivity index (χ0v) is 14.6. The largest absolute Gasteiger partial charge is 0.508 e. The minimum Gasteiger partial charge on any atom is -0.508 e. The number of rotatable bonds is 5. The zero-order valence-electron chi connectivity index (χ0n) is 14.6. The first-order valence-electron chi connectivity index (χ1n) is 8.10. The lowest BCUT2D eigenvalue weighted by Crippen LogP contribution is -2.03. The molecule has 0 bridgehead atoms. The van der Waals surface area contributed by atoms with E-state index in [0.29, 0.717) is 11.1 Å². The fourth-order valence-corrected chi connectivity index (χ4v) is 2.17. The van der Waals surface area contributed by atoms with E-state index in [1.54, 1.807) is 0 Å². The number of aliphatic hydroxyl groups excluding tert-OH is 1. The monoisotopic (exact) mass is 412 g/mol. The van der Waals surface area contributed by atoms with Crippen LogP contribution >= 0.6 is 0 Å². The number of allylic oxidation sites excluding steroid dienone is 3. The van der Waals surface area contributed by atoms with Crippen molar-refractivity contribution in [3.8, 4) is 0 Å². The summed E-state index contributed by atoms with van der Waals surface area (Å²) >= 11 is 0. The summed E-state index contributed by atoms with van der Waals surface area (Å²) < 4.78 is 74.9. The molecule has 2 nitrogen and oxygen atoms in total. The molecule has 0 spiro atoms. The topological polar surface area (TPSA) is 37.3 Å². The Morgan fingerprint density at radius 3 is 1.45 bits per heavy atom. The minimum absolute atomic E-state index is 0.361. The first kappa shape index (κ1) is 22.0. The second-order valence-corrected chi connectivity index (χ2v) is 5.88. The Balaban J connectivity index is 1.99. The third-order valence-electron chi connectivity index (χ3n) is 3.65. The molecule has 2 aromatic carbocycles. The molecule has 0 aromatic heterocycles. The first-order valence-corrected chi connectivity index (χ1v) is 8.10. The van der Waals surface area contributed by atoms with Gasteiger partial charge >= 0.3 is 12.4 Å². The molecule has 0 atom stereocenters. The van der Waals surface area contributed by atoms with Gasteiger partial charge < -0.3 is 5.11 Å². The van der Waals surface area contributed by atoms with Crippen molar-refractivity contribution in [1.82, 2.24) is 0 Å². The molecule has 0 amide bonds. The van der Waals surface area contributed by atoms with E-state index in [9.17, 15) is 36.2 Å². The molecule has 2 aromatic rings. The molecule has 0 aliphatic heterocycles. The SMILES string of the molecule is O=C(/C=C/c1ccc(C(F)(F)F)cc1)/C=C(O)\C=C\c1ccc(C(F)(F)F)cc1. The summed E-state index contributed by atoms with van der Waals surface area (Å²) in [6.07, 6.45) is -3.24. The van der Waals surface area contributed by atoms with Gasteiger partial charge in [0.25, 0.3) is 0 Å². The number of halogens is 6. The summed E-state index contributed by atoms with van der Waals surface area (Å²) in [5, 5.41) is 9.70. The lowest BCUT2D eigenvalue weighted by atomic mass is 10.1. The Morgan fingerprint density at radius 1 is 0.690 bits per heavy atom. The summed E-state index contributed by atoms with van der Waals surface area (Å²) in [5.74, 6) is -1.06. The van der Waals surface area contributed by atoms with E-state index in [1.807, 2.05) is 0 Å². The van der Waals surface area contributed by atoms with Gasteiger partial charge in [0.05, 0.1) is 11.1 Å². The molecule has 2 rings (SSSR count). The van der Waals surface area contributed by atoms with Gasteiger partial charge in [-0.05, 0) is 47.5 Å². The molecular weight excluding hydrogens is 398 g/mol. The van der Waals surface area contributed by atoms with E-state index in [1.165, 1.54) is 36.4 Å². The van der Waals surface area contributed by atoms with Crippen LogP contribution in [0.3, 0.4) is 0 Å². The Bertz CT molecular complexity index is 931. The number of carbonyl (C=O) groups excluding carboxylic acids is 1. The maximum atomic E-state index is 12.5. The first-order chi connectivity index (χ1) is 13.4. The van der Waals surface area contributed by atoms with Crippen molar-refractivity contribution >= 4 is 17.9 Å². The van der Waals surface area contributed by atoms with Crippen LogP contribution in [-0.4, -0.2) is 10.9 Å². The van der Waals surface area contributed by atoms with Gasteiger partial charge in [0.15, 0.2) is 5.78 Å². The smallest absolute Gasteiger partial charge is 0.416 e. The summed E-state index contributed by atoms with van der Waals surface area (Å²) in [6.45, 7) is 0. The highest BCUT2D eigenvalue weighted by Crippen LogP contribution is 2.30. The van der Waals surface area contributed by atoms with Crippen molar-refractivity contribution in [3.63, 3.8) is 0 Å². The van der Waals surface area contributed by atoms with E-state index in [0.717, 1.165) is 42.5 Å². The van der Waals surface area contributed by atoms with Crippen LogP contribution in [-0.2, 0) is 17.1 Å². The summed E-state index contributed by atoms with van der Waals surface area (Å²) in [4.78, 5) is 11.8. The maximum absolute atomic E-state index is 12.5. The zero-order chi connectivity index (χ0) is 21.7. The van der Waals surface area contributed by atoms with Crippen molar-refractivity contribution in [2.75, 3.05) is 0 Å². The van der Waals surface area contributed by atoms with E-state index in [2.05, 4.69) is 0 Å². The molecule has 0 radical (unpaired) electrons. The lowest BCUT2D eigenvalue weighted by molar-refractivity contribution is -0.138. The number of hydrogen-bond donors (Lipinski definition) is 1. The fourth-order valence-electron chi connectivity index (χ4n) is 2.17. The van der Waals surface area contributed by atoms with E-state index in [-0.39, 0.29) is 0 Å². The standard InChI is InChI=1S/C21H14F6O2/c22-20(23,24)16-7-1-14(2-8-16)5-11-18(28)13-19(29)12-6-15-3-9-17(10-4-15)21(25,26)27/h1-13,28H/b11-5+,12-6+,18-13+. The van der Waals surface area contributed by atoms with Crippen LogP contribution < -0.4 is 0 Å². The molecule has 0 fully saturated rings. The highest BCUT2D eigenvalue weighted by molar-refractivity contribution is 6.02. The molecule has 152 valence electrons. The van der Waals surface area contributed by atoms with Crippen LogP contribution in [0.2, 0.25) is 0 Å². The van der Waals surface area contributed by atoms with Crippen molar-refractivity contribution < 1.29 is 36.2 Å². The number of carbonyl (C=O) groups is 1. The second kappa shape index (κ2) is 8.81. The van der Waals surface area contributed by atoms with Crippen LogP contribution in [0.5, 0.6) is 0 Å². The number of benzene rings is 2. The highest BCUT2D eigenvalue weighted by atomic mass is 19.4. The lowest BCUT2D eigenvalue weighted by Gasteiger charge is -2.05. The predicted molar refractivity (Wildman–Crippen MR) is 96.7 cm³/mol. The van der Waals surface area contributed by atoms with E-state index >= 15 is 0 Å². The van der Waals surface area contributed by atoms with Crippen LogP contribution in [0.4, 0.5) is 26.3 Å². The normalized spacial score (nSPS) is 13.4. The average Bonchev–Trinajstić information content (AvgIpc) is 2.64. The van der Waals surface area contributed by atoms with Gasteiger partial charge in [-0.2, -0.15) is 26.3 Å². The summed E-state index contributed by atoms with van der Waals surface area (Å²) in [5.41, 5.74) is -0.879. The molecule has 29 heavy (non-hydrogen) atoms. The van der Waals surface area contributed by atoms with Crippen LogP contribution in [0.15, 0.2) is 72.5 Å². The second-order valence-electron chi connectivity index (χ2n) is 5.88.